The first-order valence-electron chi connectivity index (χ1n) is 5.85. The first kappa shape index (κ1) is 13.6. The van der Waals surface area contributed by atoms with Crippen LogP contribution in [0.15, 0.2) is 42.5 Å². The van der Waals surface area contributed by atoms with Crippen molar-refractivity contribution < 1.29 is 9.18 Å². The van der Waals surface area contributed by atoms with Gasteiger partial charge in [-0.05, 0) is 36.2 Å². The number of hydrogen-bond acceptors (Lipinski definition) is 1. The minimum atomic E-state index is -0.384. The van der Waals surface area contributed by atoms with Gasteiger partial charge < -0.3 is 5.32 Å². The molecule has 0 radical (unpaired) electrons. The highest BCUT2D eigenvalue weighted by Crippen LogP contribution is 2.15. The second-order valence-electron chi connectivity index (χ2n) is 4.24. The Labute approximate surface area is 116 Å². The van der Waals surface area contributed by atoms with Crippen molar-refractivity contribution in [1.29, 1.82) is 0 Å². The Morgan fingerprint density at radius 3 is 2.68 bits per heavy atom. The van der Waals surface area contributed by atoms with Crippen molar-refractivity contribution in [1.82, 2.24) is 5.32 Å². The van der Waals surface area contributed by atoms with Crippen molar-refractivity contribution in [3.63, 3.8) is 0 Å². The first-order chi connectivity index (χ1) is 9.08. The van der Waals surface area contributed by atoms with Crippen molar-refractivity contribution in [2.45, 2.75) is 13.5 Å². The maximum Gasteiger partial charge on any atom is 0.251 e. The average Bonchev–Trinajstić information content (AvgIpc) is 2.40. The van der Waals surface area contributed by atoms with Gasteiger partial charge in [-0.3, -0.25) is 4.79 Å². The van der Waals surface area contributed by atoms with Crippen LogP contribution in [0, 0.1) is 12.7 Å². The summed E-state index contributed by atoms with van der Waals surface area (Å²) < 4.78 is 13.4. The van der Waals surface area contributed by atoms with Crippen molar-refractivity contribution in [2.75, 3.05) is 0 Å². The summed E-state index contributed by atoms with van der Waals surface area (Å²) in [7, 11) is 0. The number of aryl methyl sites for hydroxylation is 1. The van der Waals surface area contributed by atoms with Crippen molar-refractivity contribution in [2.24, 2.45) is 0 Å². The van der Waals surface area contributed by atoms with Crippen LogP contribution in [-0.4, -0.2) is 5.91 Å². The minimum absolute atomic E-state index is 0.301. The van der Waals surface area contributed by atoms with E-state index in [-0.39, 0.29) is 11.7 Å². The predicted octanol–water partition coefficient (Wildman–Crippen LogP) is 3.72. The summed E-state index contributed by atoms with van der Waals surface area (Å²) in [6.45, 7) is 1.97. The molecular weight excluding hydrogens is 265 g/mol. The van der Waals surface area contributed by atoms with E-state index in [9.17, 15) is 9.18 Å². The normalized spacial score (nSPS) is 10.3. The minimum Gasteiger partial charge on any atom is -0.348 e. The molecule has 0 fully saturated rings. The number of halogens is 2. The Morgan fingerprint density at radius 1 is 1.26 bits per heavy atom. The Kier molecular flexibility index (Phi) is 4.17. The van der Waals surface area contributed by atoms with E-state index in [4.69, 9.17) is 11.6 Å². The molecule has 0 aliphatic rings. The Morgan fingerprint density at radius 2 is 2.00 bits per heavy atom. The molecule has 1 N–H and O–H groups in total. The zero-order chi connectivity index (χ0) is 13.8. The van der Waals surface area contributed by atoms with Crippen LogP contribution in [-0.2, 0) is 6.54 Å². The number of rotatable bonds is 3. The Hall–Kier alpha value is -1.87. The fourth-order valence-electron chi connectivity index (χ4n) is 1.65. The van der Waals surface area contributed by atoms with Gasteiger partial charge in [-0.2, -0.15) is 0 Å². The molecule has 4 heteroatoms. The molecule has 2 nitrogen and oxygen atoms in total. The van der Waals surface area contributed by atoms with Gasteiger partial charge in [0.05, 0.1) is 0 Å². The highest BCUT2D eigenvalue weighted by atomic mass is 35.5. The maximum atomic E-state index is 13.4. The van der Waals surface area contributed by atoms with Crippen LogP contribution in [0.5, 0.6) is 0 Å². The van der Waals surface area contributed by atoms with E-state index in [1.54, 1.807) is 25.1 Å². The number of carbonyl (C=O) groups excluding carboxylic acids is 1. The fourth-order valence-corrected chi connectivity index (χ4v) is 1.86. The Bertz CT molecular complexity index is 613. The summed E-state index contributed by atoms with van der Waals surface area (Å²) in [5, 5.41) is 3.31. The van der Waals surface area contributed by atoms with Crippen LogP contribution in [0.1, 0.15) is 21.5 Å². The fraction of sp³-hybridized carbons (Fsp3) is 0.133. The third-order valence-corrected chi connectivity index (χ3v) is 3.20. The summed E-state index contributed by atoms with van der Waals surface area (Å²) in [5.74, 6) is -0.704. The standard InChI is InChI=1S/C15H13ClFNO/c1-10-6-7-11(8-14(10)17)15(19)18-9-12-4-2-3-5-13(12)16/h2-8H,9H2,1H3,(H,18,19). The molecule has 2 aromatic rings. The van der Waals surface area contributed by atoms with Crippen LogP contribution in [0.3, 0.4) is 0 Å². The van der Waals surface area contributed by atoms with Crippen molar-refractivity contribution in [3.8, 4) is 0 Å². The van der Waals surface area contributed by atoms with E-state index in [1.807, 2.05) is 18.2 Å². The van der Waals surface area contributed by atoms with Crippen LogP contribution in [0.25, 0.3) is 0 Å². The second-order valence-corrected chi connectivity index (χ2v) is 4.65. The van der Waals surface area contributed by atoms with Gasteiger partial charge in [-0.1, -0.05) is 35.9 Å². The van der Waals surface area contributed by atoms with Crippen LogP contribution < -0.4 is 5.32 Å². The van der Waals surface area contributed by atoms with Gasteiger partial charge >= 0.3 is 0 Å². The van der Waals surface area contributed by atoms with E-state index in [1.165, 1.54) is 6.07 Å². The van der Waals surface area contributed by atoms with Gasteiger partial charge in [-0.15, -0.1) is 0 Å². The topological polar surface area (TPSA) is 29.1 Å². The highest BCUT2D eigenvalue weighted by molar-refractivity contribution is 6.31. The van der Waals surface area contributed by atoms with Gasteiger partial charge in [-0.25, -0.2) is 4.39 Å². The molecular formula is C15H13ClFNO. The van der Waals surface area contributed by atoms with Gasteiger partial charge in [0.15, 0.2) is 0 Å². The lowest BCUT2D eigenvalue weighted by Crippen LogP contribution is -2.23. The van der Waals surface area contributed by atoms with Crippen molar-refractivity contribution >= 4 is 17.5 Å². The molecule has 0 saturated heterocycles. The number of benzene rings is 2. The lowest BCUT2D eigenvalue weighted by molar-refractivity contribution is 0.0950. The molecule has 0 bridgehead atoms. The second kappa shape index (κ2) is 5.85. The quantitative estimate of drug-likeness (QED) is 0.910. The molecule has 19 heavy (non-hydrogen) atoms. The van der Waals surface area contributed by atoms with Gasteiger partial charge in [0.2, 0.25) is 0 Å². The van der Waals surface area contributed by atoms with E-state index >= 15 is 0 Å². The number of carbonyl (C=O) groups is 1. The molecule has 2 rings (SSSR count). The maximum absolute atomic E-state index is 13.4. The summed E-state index contributed by atoms with van der Waals surface area (Å²) in [6, 6.07) is 11.7. The molecule has 0 aliphatic heterocycles. The lowest BCUT2D eigenvalue weighted by Gasteiger charge is -2.07. The summed E-state index contributed by atoms with van der Waals surface area (Å²) in [5.41, 5.74) is 1.64. The zero-order valence-electron chi connectivity index (χ0n) is 10.4. The summed E-state index contributed by atoms with van der Waals surface area (Å²) in [6.07, 6.45) is 0. The number of nitrogens with one attached hydrogen (secondary N) is 1. The lowest BCUT2D eigenvalue weighted by atomic mass is 10.1. The Balaban J connectivity index is 2.05. The first-order valence-corrected chi connectivity index (χ1v) is 6.23. The predicted molar refractivity (Wildman–Crippen MR) is 73.8 cm³/mol. The molecule has 0 atom stereocenters. The van der Waals surface area contributed by atoms with Gasteiger partial charge in [0, 0.05) is 17.1 Å². The molecule has 2 aromatic carbocycles. The van der Waals surface area contributed by atoms with E-state index < -0.39 is 0 Å². The van der Waals surface area contributed by atoms with Crippen molar-refractivity contribution in [3.05, 3.63) is 70.0 Å². The molecule has 0 unspecified atom stereocenters. The third kappa shape index (κ3) is 3.32. The SMILES string of the molecule is Cc1ccc(C(=O)NCc2ccccc2Cl)cc1F. The molecule has 0 heterocycles. The third-order valence-electron chi connectivity index (χ3n) is 2.83. The summed E-state index contributed by atoms with van der Waals surface area (Å²) in [4.78, 5) is 11.9. The van der Waals surface area contributed by atoms with E-state index in [0.29, 0.717) is 22.7 Å². The number of amides is 1. The van der Waals surface area contributed by atoms with E-state index in [2.05, 4.69) is 5.32 Å². The highest BCUT2D eigenvalue weighted by Gasteiger charge is 2.08. The monoisotopic (exact) mass is 277 g/mol. The smallest absolute Gasteiger partial charge is 0.251 e. The van der Waals surface area contributed by atoms with Crippen LogP contribution in [0.2, 0.25) is 5.02 Å². The molecule has 1 amide bonds. The van der Waals surface area contributed by atoms with E-state index in [0.717, 1.165) is 5.56 Å². The molecule has 0 aliphatic carbocycles. The number of hydrogen-bond donors (Lipinski definition) is 1. The van der Waals surface area contributed by atoms with Gasteiger partial charge in [0.25, 0.3) is 5.91 Å². The average molecular weight is 278 g/mol. The summed E-state index contributed by atoms with van der Waals surface area (Å²) >= 11 is 5.99. The largest absolute Gasteiger partial charge is 0.348 e. The molecule has 0 aromatic heterocycles. The van der Waals surface area contributed by atoms with Gasteiger partial charge in [0.1, 0.15) is 5.82 Å². The molecule has 98 valence electrons. The van der Waals surface area contributed by atoms with Crippen LogP contribution in [0.4, 0.5) is 4.39 Å². The molecule has 0 saturated carbocycles. The molecule has 0 spiro atoms. The zero-order valence-corrected chi connectivity index (χ0v) is 11.2. The van der Waals surface area contributed by atoms with Crippen LogP contribution >= 0.6 is 11.6 Å².